The van der Waals surface area contributed by atoms with E-state index in [1.807, 2.05) is 4.90 Å². The fraction of sp³-hybridized carbons (Fsp3) is 0.917. The smallest absolute Gasteiger partial charge is 0.222 e. The molecule has 1 unspecified atom stereocenters. The van der Waals surface area contributed by atoms with Gasteiger partial charge in [0.05, 0.1) is 0 Å². The molecule has 17 heavy (non-hydrogen) atoms. The summed E-state index contributed by atoms with van der Waals surface area (Å²) in [5, 5.41) is 0. The zero-order valence-corrected chi connectivity index (χ0v) is 11.0. The Morgan fingerprint density at radius 3 is 2.53 bits per heavy atom. The molecule has 100 valence electrons. The van der Waals surface area contributed by atoms with Gasteiger partial charge in [0.2, 0.25) is 5.91 Å². The lowest BCUT2D eigenvalue weighted by Gasteiger charge is -2.37. The van der Waals surface area contributed by atoms with Crippen LogP contribution in [0.4, 0.5) is 0 Å². The number of methoxy groups -OCH3 is 1. The number of carbonyl (C=O) groups excluding carboxylic acids is 1. The van der Waals surface area contributed by atoms with Crippen LogP contribution in [0.25, 0.3) is 0 Å². The van der Waals surface area contributed by atoms with E-state index >= 15 is 0 Å². The van der Waals surface area contributed by atoms with E-state index in [1.54, 1.807) is 7.11 Å². The first-order valence-electron chi connectivity index (χ1n) is 6.40. The molecule has 1 heterocycles. The quantitative estimate of drug-likeness (QED) is 0.662. The van der Waals surface area contributed by atoms with Crippen LogP contribution in [0.3, 0.4) is 0 Å². The van der Waals surface area contributed by atoms with Gasteiger partial charge in [-0.2, -0.15) is 0 Å². The highest BCUT2D eigenvalue weighted by molar-refractivity contribution is 5.76. The molecule has 0 bridgehead atoms. The second kappa shape index (κ2) is 7.63. The lowest BCUT2D eigenvalue weighted by Crippen LogP contribution is -2.52. The highest BCUT2D eigenvalue weighted by atomic mass is 16.5. The van der Waals surface area contributed by atoms with Gasteiger partial charge >= 0.3 is 0 Å². The Kier molecular flexibility index (Phi) is 6.47. The molecule has 0 spiro atoms. The van der Waals surface area contributed by atoms with Crippen molar-refractivity contribution in [3.8, 4) is 0 Å². The van der Waals surface area contributed by atoms with Crippen molar-refractivity contribution in [3.05, 3.63) is 0 Å². The number of nitrogens with two attached hydrogens (primary N) is 1. The number of piperazine rings is 1. The summed E-state index contributed by atoms with van der Waals surface area (Å²) in [5.41, 5.74) is 5.64. The van der Waals surface area contributed by atoms with E-state index in [1.165, 1.54) is 0 Å². The van der Waals surface area contributed by atoms with Crippen LogP contribution < -0.4 is 5.73 Å². The van der Waals surface area contributed by atoms with E-state index in [9.17, 15) is 4.79 Å². The van der Waals surface area contributed by atoms with Gasteiger partial charge in [0.1, 0.15) is 0 Å². The molecule has 5 nitrogen and oxygen atoms in total. The largest absolute Gasteiger partial charge is 0.385 e. The third-order valence-corrected chi connectivity index (χ3v) is 3.37. The van der Waals surface area contributed by atoms with Crippen LogP contribution in [-0.2, 0) is 9.53 Å². The summed E-state index contributed by atoms with van der Waals surface area (Å²) in [6.45, 7) is 7.02. The molecule has 1 saturated heterocycles. The summed E-state index contributed by atoms with van der Waals surface area (Å²) in [7, 11) is 1.66. The van der Waals surface area contributed by atoms with E-state index < -0.39 is 0 Å². The average molecular weight is 243 g/mol. The second-order valence-corrected chi connectivity index (χ2v) is 4.60. The maximum Gasteiger partial charge on any atom is 0.222 e. The van der Waals surface area contributed by atoms with Crippen LogP contribution in [-0.4, -0.2) is 68.2 Å². The van der Waals surface area contributed by atoms with Gasteiger partial charge in [0.25, 0.3) is 0 Å². The molecule has 0 aliphatic carbocycles. The van der Waals surface area contributed by atoms with Crippen molar-refractivity contribution >= 4 is 5.91 Å². The highest BCUT2D eigenvalue weighted by Gasteiger charge is 2.22. The summed E-state index contributed by atoms with van der Waals surface area (Å²) in [6, 6.07) is 0.417. The minimum absolute atomic E-state index is 0.252. The van der Waals surface area contributed by atoms with Crippen LogP contribution in [0.1, 0.15) is 19.8 Å². The number of rotatable bonds is 6. The molecule has 1 fully saturated rings. The number of nitrogens with zero attached hydrogens (tertiary/aromatic N) is 2. The van der Waals surface area contributed by atoms with E-state index in [0.29, 0.717) is 25.6 Å². The summed E-state index contributed by atoms with van der Waals surface area (Å²) < 4.78 is 4.95. The Hall–Kier alpha value is -0.650. The Balaban J connectivity index is 2.24. The first kappa shape index (κ1) is 14.4. The zero-order valence-electron chi connectivity index (χ0n) is 11.0. The molecular weight excluding hydrogens is 218 g/mol. The lowest BCUT2D eigenvalue weighted by molar-refractivity contribution is -0.133. The number of hydrogen-bond donors (Lipinski definition) is 1. The van der Waals surface area contributed by atoms with Crippen molar-refractivity contribution in [2.75, 3.05) is 46.4 Å². The summed E-state index contributed by atoms with van der Waals surface area (Å²) in [4.78, 5) is 16.1. The van der Waals surface area contributed by atoms with Crippen molar-refractivity contribution in [3.63, 3.8) is 0 Å². The predicted molar refractivity (Wildman–Crippen MR) is 67.8 cm³/mol. The normalized spacial score (nSPS) is 19.4. The molecule has 0 saturated carbocycles. The number of amides is 1. The third-order valence-electron chi connectivity index (χ3n) is 3.37. The molecular formula is C12H25N3O2. The fourth-order valence-electron chi connectivity index (χ4n) is 2.09. The minimum Gasteiger partial charge on any atom is -0.385 e. The summed E-state index contributed by atoms with van der Waals surface area (Å²) in [6.07, 6.45) is 1.41. The molecule has 0 radical (unpaired) electrons. The van der Waals surface area contributed by atoms with Crippen molar-refractivity contribution in [2.24, 2.45) is 5.73 Å². The molecule has 0 aromatic heterocycles. The Labute approximate surface area is 104 Å². The van der Waals surface area contributed by atoms with Gasteiger partial charge < -0.3 is 15.4 Å². The highest BCUT2D eigenvalue weighted by Crippen LogP contribution is 2.07. The fourth-order valence-corrected chi connectivity index (χ4v) is 2.09. The van der Waals surface area contributed by atoms with Gasteiger partial charge in [0, 0.05) is 58.9 Å². The maximum atomic E-state index is 11.8. The van der Waals surface area contributed by atoms with E-state index in [-0.39, 0.29) is 5.91 Å². The molecule has 1 aliphatic heterocycles. The van der Waals surface area contributed by atoms with Crippen LogP contribution in [0.2, 0.25) is 0 Å². The summed E-state index contributed by atoms with van der Waals surface area (Å²) >= 11 is 0. The Bertz CT molecular complexity index is 228. The van der Waals surface area contributed by atoms with E-state index in [0.717, 1.165) is 32.6 Å². The first-order valence-corrected chi connectivity index (χ1v) is 6.40. The summed E-state index contributed by atoms with van der Waals surface area (Å²) in [5.74, 6) is 0.252. The minimum atomic E-state index is 0.252. The standard InChI is InChI=1S/C12H25N3O2/c1-11(10-13)14-5-7-15(8-6-14)12(16)4-3-9-17-2/h11H,3-10,13H2,1-2H3. The second-order valence-electron chi connectivity index (χ2n) is 4.60. The van der Waals surface area contributed by atoms with Gasteiger partial charge in [-0.05, 0) is 13.3 Å². The number of carbonyl (C=O) groups is 1. The monoisotopic (exact) mass is 243 g/mol. The Morgan fingerprint density at radius 2 is 2.00 bits per heavy atom. The molecule has 2 N–H and O–H groups in total. The predicted octanol–water partition coefficient (Wildman–Crippen LogP) is -0.0956. The Morgan fingerprint density at radius 1 is 1.35 bits per heavy atom. The van der Waals surface area contributed by atoms with Crippen LogP contribution in [0.15, 0.2) is 0 Å². The zero-order chi connectivity index (χ0) is 12.7. The molecule has 0 aromatic rings. The van der Waals surface area contributed by atoms with Crippen molar-refractivity contribution in [1.82, 2.24) is 9.80 Å². The average Bonchev–Trinajstić information content (AvgIpc) is 2.38. The van der Waals surface area contributed by atoms with Crippen molar-refractivity contribution in [1.29, 1.82) is 0 Å². The molecule has 1 aliphatic rings. The molecule has 0 aromatic carbocycles. The third kappa shape index (κ3) is 4.61. The topological polar surface area (TPSA) is 58.8 Å². The van der Waals surface area contributed by atoms with Crippen molar-refractivity contribution < 1.29 is 9.53 Å². The number of ether oxygens (including phenoxy) is 1. The molecule has 5 heteroatoms. The van der Waals surface area contributed by atoms with Gasteiger partial charge in [0.15, 0.2) is 0 Å². The SMILES string of the molecule is COCCCC(=O)N1CCN(C(C)CN)CC1. The van der Waals surface area contributed by atoms with Crippen LogP contribution >= 0.6 is 0 Å². The molecule has 1 rings (SSSR count). The van der Waals surface area contributed by atoms with Gasteiger partial charge in [-0.15, -0.1) is 0 Å². The van der Waals surface area contributed by atoms with Gasteiger partial charge in [-0.25, -0.2) is 0 Å². The van der Waals surface area contributed by atoms with Crippen LogP contribution in [0, 0.1) is 0 Å². The molecule has 1 amide bonds. The number of hydrogen-bond acceptors (Lipinski definition) is 4. The van der Waals surface area contributed by atoms with Gasteiger partial charge in [-0.1, -0.05) is 0 Å². The van der Waals surface area contributed by atoms with E-state index in [2.05, 4.69) is 11.8 Å². The lowest BCUT2D eigenvalue weighted by atomic mass is 10.2. The molecule has 1 atom stereocenters. The van der Waals surface area contributed by atoms with Crippen molar-refractivity contribution in [2.45, 2.75) is 25.8 Å². The first-order chi connectivity index (χ1) is 8.19. The van der Waals surface area contributed by atoms with E-state index in [4.69, 9.17) is 10.5 Å². The van der Waals surface area contributed by atoms with Gasteiger partial charge in [-0.3, -0.25) is 9.69 Å². The van der Waals surface area contributed by atoms with Crippen LogP contribution in [0.5, 0.6) is 0 Å². The maximum absolute atomic E-state index is 11.8.